The van der Waals surface area contributed by atoms with Crippen LogP contribution in [0.15, 0.2) is 78.9 Å². The Bertz CT molecular complexity index is 1170. The van der Waals surface area contributed by atoms with Gasteiger partial charge in [-0.25, -0.2) is 0 Å². The van der Waals surface area contributed by atoms with Gasteiger partial charge in [-0.1, -0.05) is 30.3 Å². The number of ether oxygens (including phenoxy) is 2. The molecule has 1 heterocycles. The summed E-state index contributed by atoms with van der Waals surface area (Å²) in [5.41, 5.74) is 3.32. The van der Waals surface area contributed by atoms with Crippen molar-refractivity contribution in [1.29, 1.82) is 0 Å². The molecular formula is C29H30N2O4. The Morgan fingerprint density at radius 2 is 1.66 bits per heavy atom. The molecule has 0 bridgehead atoms. The van der Waals surface area contributed by atoms with Gasteiger partial charge in [0, 0.05) is 30.0 Å². The van der Waals surface area contributed by atoms with Gasteiger partial charge in [0.05, 0.1) is 7.11 Å². The van der Waals surface area contributed by atoms with E-state index in [0.717, 1.165) is 18.7 Å². The summed E-state index contributed by atoms with van der Waals surface area (Å²) in [6, 6.07) is 22.3. The van der Waals surface area contributed by atoms with E-state index in [4.69, 9.17) is 9.47 Å². The van der Waals surface area contributed by atoms with Gasteiger partial charge in [0.1, 0.15) is 0 Å². The minimum Gasteiger partial charge on any atom is -0.493 e. The second kappa shape index (κ2) is 11.9. The molecule has 4 rings (SSSR count). The summed E-state index contributed by atoms with van der Waals surface area (Å²) < 4.78 is 11.1. The lowest BCUT2D eigenvalue weighted by atomic mass is 10.1. The monoisotopic (exact) mass is 470 g/mol. The van der Waals surface area contributed by atoms with Gasteiger partial charge in [-0.3, -0.25) is 9.59 Å². The molecule has 6 nitrogen and oxygen atoms in total. The van der Waals surface area contributed by atoms with E-state index in [1.807, 2.05) is 60.7 Å². The number of carbonyl (C=O) groups excluding carboxylic acids is 2. The standard InChI is InChI=1S/C29H30N2O4/c1-34-28-20-22(11-17-27(28)35-21-29(33)30-24-8-4-2-5-9-24)10-16-26(32)23-12-14-25(15-13-23)31-18-6-3-7-19-31/h2,4-5,8-17,20H,3,6-7,18-19,21H2,1H3,(H,30,33)/b16-10+. The summed E-state index contributed by atoms with van der Waals surface area (Å²) >= 11 is 0. The normalized spacial score (nSPS) is 13.5. The molecule has 0 spiro atoms. The van der Waals surface area contributed by atoms with E-state index in [-0.39, 0.29) is 18.3 Å². The van der Waals surface area contributed by atoms with Crippen LogP contribution in [0, 0.1) is 0 Å². The maximum Gasteiger partial charge on any atom is 0.262 e. The fraction of sp³-hybridized carbons (Fsp3) is 0.241. The summed E-state index contributed by atoms with van der Waals surface area (Å²) in [6.07, 6.45) is 7.03. The Morgan fingerprint density at radius 3 is 2.37 bits per heavy atom. The third-order valence-corrected chi connectivity index (χ3v) is 5.90. The maximum atomic E-state index is 12.7. The van der Waals surface area contributed by atoms with Crippen LogP contribution in [-0.4, -0.2) is 38.5 Å². The van der Waals surface area contributed by atoms with Gasteiger partial charge >= 0.3 is 0 Å². The molecule has 0 aliphatic carbocycles. The Morgan fingerprint density at radius 1 is 0.914 bits per heavy atom. The number of benzene rings is 3. The zero-order valence-corrected chi connectivity index (χ0v) is 19.9. The van der Waals surface area contributed by atoms with Crippen molar-refractivity contribution in [3.8, 4) is 11.5 Å². The van der Waals surface area contributed by atoms with E-state index in [2.05, 4.69) is 10.2 Å². The highest BCUT2D eigenvalue weighted by atomic mass is 16.5. The molecular weight excluding hydrogens is 440 g/mol. The first-order valence-electron chi connectivity index (χ1n) is 11.9. The Labute approximate surface area is 206 Å². The van der Waals surface area contributed by atoms with Crippen LogP contribution in [0.2, 0.25) is 0 Å². The molecule has 3 aromatic rings. The molecule has 3 aromatic carbocycles. The first-order valence-corrected chi connectivity index (χ1v) is 11.9. The van der Waals surface area contributed by atoms with Gasteiger partial charge in [0.2, 0.25) is 0 Å². The number of carbonyl (C=O) groups is 2. The van der Waals surface area contributed by atoms with E-state index in [1.54, 1.807) is 24.3 Å². The lowest BCUT2D eigenvalue weighted by Gasteiger charge is -2.28. The van der Waals surface area contributed by atoms with Crippen molar-refractivity contribution < 1.29 is 19.1 Å². The summed E-state index contributed by atoms with van der Waals surface area (Å²) in [5.74, 6) is 0.608. The summed E-state index contributed by atoms with van der Waals surface area (Å²) in [5, 5.41) is 2.78. The second-order valence-corrected chi connectivity index (χ2v) is 8.41. The van der Waals surface area contributed by atoms with Crippen molar-refractivity contribution >= 4 is 29.1 Å². The van der Waals surface area contributed by atoms with E-state index in [1.165, 1.54) is 32.1 Å². The van der Waals surface area contributed by atoms with Crippen LogP contribution in [0.3, 0.4) is 0 Å². The lowest BCUT2D eigenvalue weighted by molar-refractivity contribution is -0.118. The number of hydrogen-bond acceptors (Lipinski definition) is 5. The summed E-state index contributed by atoms with van der Waals surface area (Å²) in [4.78, 5) is 27.2. The molecule has 1 amide bonds. The third kappa shape index (κ3) is 6.73. The van der Waals surface area contributed by atoms with Crippen molar-refractivity contribution in [2.24, 2.45) is 0 Å². The molecule has 1 N–H and O–H groups in total. The van der Waals surface area contributed by atoms with Gasteiger partial charge < -0.3 is 19.7 Å². The van der Waals surface area contributed by atoms with Crippen molar-refractivity contribution in [1.82, 2.24) is 0 Å². The molecule has 1 fully saturated rings. The minimum atomic E-state index is -0.265. The Kier molecular flexibility index (Phi) is 8.17. The molecule has 0 radical (unpaired) electrons. The van der Waals surface area contributed by atoms with Crippen LogP contribution in [0.1, 0.15) is 35.2 Å². The molecule has 1 aliphatic rings. The van der Waals surface area contributed by atoms with Gasteiger partial charge in [0.25, 0.3) is 5.91 Å². The molecule has 35 heavy (non-hydrogen) atoms. The topological polar surface area (TPSA) is 67.9 Å². The number of amides is 1. The fourth-order valence-electron chi connectivity index (χ4n) is 4.03. The number of methoxy groups -OCH3 is 1. The number of nitrogens with zero attached hydrogens (tertiary/aromatic N) is 1. The van der Waals surface area contributed by atoms with E-state index in [9.17, 15) is 9.59 Å². The van der Waals surface area contributed by atoms with Crippen LogP contribution < -0.4 is 19.7 Å². The van der Waals surface area contributed by atoms with Crippen molar-refractivity contribution in [2.45, 2.75) is 19.3 Å². The van der Waals surface area contributed by atoms with Crippen molar-refractivity contribution in [3.63, 3.8) is 0 Å². The van der Waals surface area contributed by atoms with Crippen LogP contribution in [0.5, 0.6) is 11.5 Å². The number of piperidine rings is 1. The first-order chi connectivity index (χ1) is 17.1. The summed E-state index contributed by atoms with van der Waals surface area (Å²) in [6.45, 7) is 2.01. The lowest BCUT2D eigenvalue weighted by Crippen LogP contribution is -2.29. The number of para-hydroxylation sites is 1. The van der Waals surface area contributed by atoms with Crippen LogP contribution in [0.25, 0.3) is 6.08 Å². The number of anilines is 2. The Balaban J connectivity index is 1.34. The molecule has 1 aliphatic heterocycles. The van der Waals surface area contributed by atoms with Gasteiger partial charge in [-0.15, -0.1) is 0 Å². The molecule has 0 unspecified atom stereocenters. The predicted molar refractivity (Wildman–Crippen MR) is 139 cm³/mol. The Hall–Kier alpha value is -4.06. The van der Waals surface area contributed by atoms with Gasteiger partial charge in [-0.05, 0) is 79.4 Å². The fourth-order valence-corrected chi connectivity index (χ4v) is 4.03. The average Bonchev–Trinajstić information content (AvgIpc) is 2.92. The van der Waals surface area contributed by atoms with Crippen LogP contribution in [0.4, 0.5) is 11.4 Å². The molecule has 1 saturated heterocycles. The maximum absolute atomic E-state index is 12.7. The second-order valence-electron chi connectivity index (χ2n) is 8.41. The van der Waals surface area contributed by atoms with E-state index in [0.29, 0.717) is 22.7 Å². The average molecular weight is 471 g/mol. The molecule has 0 saturated carbocycles. The number of ketones is 1. The molecule has 0 aromatic heterocycles. The van der Waals surface area contributed by atoms with Crippen molar-refractivity contribution in [2.75, 3.05) is 37.0 Å². The smallest absolute Gasteiger partial charge is 0.262 e. The third-order valence-electron chi connectivity index (χ3n) is 5.90. The highest BCUT2D eigenvalue weighted by molar-refractivity contribution is 6.07. The number of allylic oxidation sites excluding steroid dienone is 1. The molecule has 180 valence electrons. The highest BCUT2D eigenvalue weighted by Crippen LogP contribution is 2.29. The zero-order chi connectivity index (χ0) is 24.5. The number of hydrogen-bond donors (Lipinski definition) is 1. The van der Waals surface area contributed by atoms with E-state index >= 15 is 0 Å². The predicted octanol–water partition coefficient (Wildman–Crippen LogP) is 5.60. The van der Waals surface area contributed by atoms with Crippen LogP contribution in [-0.2, 0) is 4.79 Å². The van der Waals surface area contributed by atoms with E-state index < -0.39 is 0 Å². The van der Waals surface area contributed by atoms with Crippen molar-refractivity contribution in [3.05, 3.63) is 90.0 Å². The SMILES string of the molecule is COc1cc(/C=C/C(=O)c2ccc(N3CCCCC3)cc2)ccc1OCC(=O)Nc1ccccc1. The molecule has 0 atom stereocenters. The largest absolute Gasteiger partial charge is 0.493 e. The quantitative estimate of drug-likeness (QED) is 0.326. The first kappa shape index (κ1) is 24.1. The number of rotatable bonds is 9. The van der Waals surface area contributed by atoms with Crippen LogP contribution >= 0.6 is 0 Å². The minimum absolute atomic E-state index is 0.0629. The molecule has 6 heteroatoms. The highest BCUT2D eigenvalue weighted by Gasteiger charge is 2.12. The van der Waals surface area contributed by atoms with Gasteiger partial charge in [-0.2, -0.15) is 0 Å². The summed E-state index contributed by atoms with van der Waals surface area (Å²) in [7, 11) is 1.54. The van der Waals surface area contributed by atoms with Gasteiger partial charge in [0.15, 0.2) is 23.9 Å². The number of nitrogens with one attached hydrogen (secondary N) is 1. The zero-order valence-electron chi connectivity index (χ0n) is 19.9.